The normalized spacial score (nSPS) is 19.1. The van der Waals surface area contributed by atoms with Gasteiger partial charge in [-0.3, -0.25) is 57.6 Å². The molecule has 3 aliphatic heterocycles. The van der Waals surface area contributed by atoms with Crippen molar-refractivity contribution >= 4 is 94.1 Å². The number of carboxylic acids is 2. The number of likely N-dealkylation sites (N-methyl/N-ethyl adjacent to an activating group) is 1. The zero-order chi connectivity index (χ0) is 106. The van der Waals surface area contributed by atoms with Crippen LogP contribution in [0.5, 0.6) is 5.75 Å². The maximum atomic E-state index is 15.3. The molecule has 11 N–H and O–H groups in total. The molecule has 0 spiro atoms. The molecule has 2 aromatic carbocycles. The van der Waals surface area contributed by atoms with Crippen LogP contribution in [0, 0.1) is 23.7 Å². The number of aliphatic hydroxyl groups excluding tert-OH is 3. The van der Waals surface area contributed by atoms with Gasteiger partial charge in [-0.1, -0.05) is 71.4 Å². The number of piperidine rings is 1. The Morgan fingerprint density at radius 2 is 1.19 bits per heavy atom. The number of quaternary nitrogens is 1. The third-order valence-corrected chi connectivity index (χ3v) is 25.0. The predicted octanol–water partition coefficient (Wildman–Crippen LogP) is 4.42. The number of Topliss-reactive ketones (excluding diaryl/α,β-unsaturated/α-hetero) is 1. The summed E-state index contributed by atoms with van der Waals surface area (Å²) in [6, 6.07) is 8.81. The van der Waals surface area contributed by atoms with Gasteiger partial charge in [0.05, 0.1) is 184 Å². The number of aromatic nitrogens is 1. The third kappa shape index (κ3) is 45.7. The first-order valence-corrected chi connectivity index (χ1v) is 50.3. The number of carbonyl (C=O) groups is 13. The highest BCUT2D eigenvalue weighted by Gasteiger charge is 2.50. The number of thiazole rings is 1. The Morgan fingerprint density at radius 1 is 0.639 bits per heavy atom. The maximum absolute atomic E-state index is 15.3. The van der Waals surface area contributed by atoms with Crippen LogP contribution in [-0.2, 0) is 137 Å². The fourth-order valence-electron chi connectivity index (χ4n) is 16.1. The number of aliphatic carboxylic acids is 2. The number of ether oxygens (including phenoxy) is 16. The van der Waals surface area contributed by atoms with Crippen LogP contribution < -0.4 is 36.6 Å². The van der Waals surface area contributed by atoms with Crippen LogP contribution in [0.1, 0.15) is 172 Å². The van der Waals surface area contributed by atoms with Crippen LogP contribution in [0.2, 0.25) is 0 Å². The van der Waals surface area contributed by atoms with E-state index in [4.69, 9.17) is 75.8 Å². The Morgan fingerprint density at radius 3 is 1.72 bits per heavy atom. The number of unbranched alkanes of at least 4 members (excludes halogenated alkanes) is 1. The summed E-state index contributed by atoms with van der Waals surface area (Å²) in [7, 11) is 5.18. The van der Waals surface area contributed by atoms with Gasteiger partial charge in [-0.15, -0.1) is 11.3 Å². The largest absolute Gasteiger partial charge is 0.481 e. The number of imide groups is 1. The van der Waals surface area contributed by atoms with Crippen molar-refractivity contribution in [2.75, 3.05) is 205 Å². The minimum absolute atomic E-state index is 0.000575. The average molecular weight is 2060 g/mol. The van der Waals surface area contributed by atoms with E-state index in [2.05, 4.69) is 36.9 Å². The van der Waals surface area contributed by atoms with E-state index in [1.807, 2.05) is 65.1 Å². The predicted molar refractivity (Wildman–Crippen MR) is 521 cm³/mol. The summed E-state index contributed by atoms with van der Waals surface area (Å²) in [4.78, 5) is 184. The van der Waals surface area contributed by atoms with Crippen LogP contribution in [0.25, 0.3) is 0 Å². The topological polar surface area (TPSA) is 562 Å². The van der Waals surface area contributed by atoms with Gasteiger partial charge in [-0.25, -0.2) is 14.6 Å². The van der Waals surface area contributed by atoms with Crippen LogP contribution in [0.4, 0.5) is 10.5 Å². The van der Waals surface area contributed by atoms with Gasteiger partial charge in [0, 0.05) is 107 Å². The van der Waals surface area contributed by atoms with E-state index in [0.29, 0.717) is 181 Å². The number of carboxylic acid groups (broad SMARTS) is 2. The second-order valence-electron chi connectivity index (χ2n) is 37.0. The van der Waals surface area contributed by atoms with Crippen LogP contribution in [-0.4, -0.2) is 388 Å². The Bertz CT molecular complexity index is 4420. The number of nitrogens with zero attached hydrogens (tertiary/aromatic N) is 4. The van der Waals surface area contributed by atoms with Crippen molar-refractivity contribution in [3.8, 4) is 5.75 Å². The number of esters is 1. The average Bonchev–Trinajstić information content (AvgIpc) is 1.06. The number of anilines is 1. The molecule has 45 heteroatoms. The summed E-state index contributed by atoms with van der Waals surface area (Å²) in [6.45, 7) is 24.0. The molecule has 3 aliphatic rings. The minimum atomic E-state index is -2.09. The second-order valence-corrected chi connectivity index (χ2v) is 37.9. The third-order valence-electron chi connectivity index (χ3n) is 24.1. The van der Waals surface area contributed by atoms with Crippen molar-refractivity contribution in [2.45, 2.75) is 225 Å². The Balaban J connectivity index is 1.03. The zero-order valence-electron chi connectivity index (χ0n) is 85.3. The summed E-state index contributed by atoms with van der Waals surface area (Å²) in [5.41, 5.74) is 0.328. The number of alkyl carbamates (subject to hydrolysis) is 1. The molecule has 810 valence electrons. The molecule has 2 fully saturated rings. The molecule has 1 aromatic heterocycles. The highest BCUT2D eigenvalue weighted by molar-refractivity contribution is 7.09. The zero-order valence-corrected chi connectivity index (χ0v) is 86.1. The molecule has 6 rings (SSSR count). The Labute approximate surface area is 846 Å². The van der Waals surface area contributed by atoms with Gasteiger partial charge in [0.15, 0.2) is 18.0 Å². The van der Waals surface area contributed by atoms with E-state index in [1.165, 1.54) is 24.4 Å². The van der Waals surface area contributed by atoms with Crippen molar-refractivity contribution in [3.63, 3.8) is 0 Å². The van der Waals surface area contributed by atoms with Gasteiger partial charge < -0.3 is 143 Å². The fourth-order valence-corrected chi connectivity index (χ4v) is 17.0. The van der Waals surface area contributed by atoms with Gasteiger partial charge in [-0.05, 0) is 101 Å². The number of methoxy groups -OCH3 is 1. The van der Waals surface area contributed by atoms with Crippen molar-refractivity contribution in [1.82, 2.24) is 41.4 Å². The van der Waals surface area contributed by atoms with Crippen LogP contribution in [0.15, 0.2) is 66.1 Å². The molecule has 15 atom stereocenters. The molecular weight excluding hydrogens is 1910 g/mol. The number of ketones is 1. The van der Waals surface area contributed by atoms with Crippen molar-refractivity contribution in [3.05, 3.63) is 87.9 Å². The summed E-state index contributed by atoms with van der Waals surface area (Å²) >= 11 is 1.09. The molecule has 0 bridgehead atoms. The lowest BCUT2D eigenvalue weighted by Crippen LogP contribution is -2.61. The molecule has 44 nitrogen and oxygen atoms in total. The number of amides is 9. The first-order valence-electron chi connectivity index (χ1n) is 49.4. The summed E-state index contributed by atoms with van der Waals surface area (Å²) < 4.78 is 88.5. The monoisotopic (exact) mass is 2060 g/mol. The van der Waals surface area contributed by atoms with E-state index < -0.39 is 163 Å². The Hall–Kier alpha value is -9.76. The smallest absolute Gasteiger partial charge is 0.407 e. The fraction of sp³-hybridized carbons (Fsp3) is 0.697. The second kappa shape index (κ2) is 67.2. The lowest BCUT2D eigenvalue weighted by atomic mass is 9.82. The van der Waals surface area contributed by atoms with Crippen molar-refractivity contribution in [2.24, 2.45) is 23.7 Å². The molecule has 0 aliphatic carbocycles. The number of nitrogens with one attached hydrogen (secondary N) is 6. The highest BCUT2D eigenvalue weighted by atomic mass is 32.1. The van der Waals surface area contributed by atoms with Gasteiger partial charge in [0.25, 0.3) is 17.7 Å². The first kappa shape index (κ1) is 123. The molecule has 144 heavy (non-hydrogen) atoms. The van der Waals surface area contributed by atoms with Gasteiger partial charge in [0.2, 0.25) is 35.8 Å². The quantitative estimate of drug-likeness (QED) is 0.0161. The Kier molecular flexibility index (Phi) is 57.3. The molecule has 2 saturated heterocycles. The first-order chi connectivity index (χ1) is 68.8. The number of hydrogen-bond acceptors (Lipinski definition) is 34. The van der Waals surface area contributed by atoms with Crippen LogP contribution >= 0.6 is 11.3 Å². The highest BCUT2D eigenvalue weighted by Crippen LogP contribution is 2.38. The van der Waals surface area contributed by atoms with E-state index >= 15 is 9.59 Å². The molecule has 1 unspecified atom stereocenters. The van der Waals surface area contributed by atoms with E-state index in [0.717, 1.165) is 29.1 Å². The van der Waals surface area contributed by atoms with Crippen molar-refractivity contribution < 1.29 is 168 Å². The standard InChI is InChI=1S/C99H154N10O34S/c1-13-66(4)72(94(122)107(10)76(65(2)3)61-81(140-68(6)110)93-106-75(64-144-93)91(120)103-71(57-67(5)95(123)124)58-69-21-15-14-16-22-69)60-79(111)78-24-18-20-33-109(78,11)63-70-25-26-80(141-97-88(118)86(116)87(117)89(142-97)96(125)126)74(59-70)104-83(113)29-32-101-90(119)73(105-92(121)77(108-84(114)27-28-85(108)115)62-102-98(127)143-99(7,8)9)23-17-19-31-100-82(112)30-34-129-37-38-131-41-42-133-45-46-135-49-50-137-53-54-139-56-55-138-52-51-136-48-47-134-44-43-132-40-39-130-36-35-128-12/h14-16,21-22,25-28,59,64-67,71-73,76-78,81,86-89,97,116-118H,13,17-20,23-24,29-58,60-63H2,1-12H3,(H7-,100,101,102,103,104,105,112,113,119,120,121,123,124,125,126,127)/p+1/t66-,67-,71+,72-,73-,76+,77-,78+,81+,86-,87-,88+,89-,97+,109?/m0/s1. The number of carbonyl (C=O) groups excluding carboxylic acids is 11. The minimum Gasteiger partial charge on any atom is -0.481 e. The summed E-state index contributed by atoms with van der Waals surface area (Å²) in [6.07, 6.45) is -7.90. The number of likely N-dealkylation sites (tertiary alicyclic amines) is 1. The molecule has 3 aromatic rings. The molecule has 0 radical (unpaired) electrons. The maximum Gasteiger partial charge on any atom is 0.407 e. The molecule has 4 heterocycles. The molecular formula is C99H155N10O34S+. The number of rotatable bonds is 75. The molecule has 9 amide bonds. The summed E-state index contributed by atoms with van der Waals surface area (Å²) in [5.74, 6) is -11.6. The van der Waals surface area contributed by atoms with Crippen molar-refractivity contribution in [1.29, 1.82) is 0 Å². The molecule has 0 saturated carbocycles. The van der Waals surface area contributed by atoms with Gasteiger partial charge in [0.1, 0.15) is 65.0 Å². The SMILES string of the molecule is CC[C@H](C)[C@H](CC(=O)[C@H]1CCCC[N+]1(C)Cc1ccc(O[C@@H]2O[C@H](C(=O)O)[C@@H](O)[C@H](O)[C@H]2O)c(NC(=O)CCNC(=O)[C@H](CCCCNC(=O)CCOCCOCCOCCOCCOCCOCCOCCOCCOCCOCCOCCOC)NC(=O)[C@H](CNC(=O)OC(C)(C)C)N2C(=O)C=CC2=O)c1)C(=O)N(C)[C@H](C[C@@H](OC(C)=O)c1nc(C(=O)N[C@@H](Cc2ccccc2)C[C@H](C)C(=O)O)cs1)C(C)C. The lowest BCUT2D eigenvalue weighted by molar-refractivity contribution is -0.941. The van der Waals surface area contributed by atoms with Crippen LogP contribution in [0.3, 0.4) is 0 Å². The van der Waals surface area contributed by atoms with Gasteiger partial charge in [-0.2, -0.15) is 0 Å². The number of aliphatic hydroxyl groups is 3. The van der Waals surface area contributed by atoms with Gasteiger partial charge >= 0.3 is 24.0 Å². The van der Waals surface area contributed by atoms with E-state index in [9.17, 15) is 78.3 Å². The lowest BCUT2D eigenvalue weighted by Gasteiger charge is -2.45. The van der Waals surface area contributed by atoms with E-state index in [-0.39, 0.29) is 134 Å². The number of hydrogen-bond donors (Lipinski definition) is 11. The number of benzene rings is 2. The van der Waals surface area contributed by atoms with E-state index in [1.54, 1.807) is 52.8 Å². The summed E-state index contributed by atoms with van der Waals surface area (Å²) in [5, 5.41) is 70.3.